The first kappa shape index (κ1) is 16.2. The van der Waals surface area contributed by atoms with Gasteiger partial charge in [0.2, 0.25) is 5.91 Å². The van der Waals surface area contributed by atoms with E-state index in [0.717, 1.165) is 11.8 Å². The van der Waals surface area contributed by atoms with Gasteiger partial charge in [0.15, 0.2) is 5.16 Å². The molecule has 1 aromatic carbocycles. The predicted octanol–water partition coefficient (Wildman–Crippen LogP) is 2.51. The lowest BCUT2D eigenvalue weighted by molar-refractivity contribution is -0.113. The molecule has 0 aliphatic rings. The van der Waals surface area contributed by atoms with Gasteiger partial charge in [-0.05, 0) is 37.6 Å². The summed E-state index contributed by atoms with van der Waals surface area (Å²) in [5, 5.41) is 3.06. The third-order valence-corrected chi connectivity index (χ3v) is 3.90. The molecular weight excluding hydrogens is 305 g/mol. The maximum absolute atomic E-state index is 12.8. The molecule has 2 N–H and O–H groups in total. The van der Waals surface area contributed by atoms with Crippen LogP contribution in [-0.4, -0.2) is 21.6 Å². The Morgan fingerprint density at radius 3 is 2.64 bits per heavy atom. The van der Waals surface area contributed by atoms with Crippen LogP contribution in [0.3, 0.4) is 0 Å². The van der Waals surface area contributed by atoms with Crippen molar-refractivity contribution in [3.63, 3.8) is 0 Å². The number of aromatic amines is 1. The third kappa shape index (κ3) is 4.17. The topological polar surface area (TPSA) is 74.8 Å². The van der Waals surface area contributed by atoms with E-state index in [9.17, 15) is 14.0 Å². The number of rotatable bonds is 5. The van der Waals surface area contributed by atoms with E-state index in [1.54, 1.807) is 6.92 Å². The number of nitrogens with zero attached hydrogens (tertiary/aromatic N) is 1. The standard InChI is InChI=1S/C15H16FN3O2S/c1-3-12-9(2)17-15(19-14(12)21)22-8-13(20)18-11-6-4-10(16)5-7-11/h4-7H,3,8H2,1-2H3,(H,18,20)(H,17,19,21). The van der Waals surface area contributed by atoms with Crippen LogP contribution in [0.2, 0.25) is 0 Å². The Hall–Kier alpha value is -2.15. The molecule has 0 unspecified atom stereocenters. The van der Waals surface area contributed by atoms with Crippen LogP contribution < -0.4 is 10.9 Å². The average molecular weight is 321 g/mol. The smallest absolute Gasteiger partial charge is 0.254 e. The van der Waals surface area contributed by atoms with E-state index in [1.165, 1.54) is 24.3 Å². The number of amides is 1. The average Bonchev–Trinajstić information content (AvgIpc) is 2.47. The number of carbonyl (C=O) groups excluding carboxylic acids is 1. The van der Waals surface area contributed by atoms with Crippen LogP contribution in [0, 0.1) is 12.7 Å². The lowest BCUT2D eigenvalue weighted by Crippen LogP contribution is -2.18. The van der Waals surface area contributed by atoms with Crippen molar-refractivity contribution in [2.75, 3.05) is 11.1 Å². The molecule has 2 aromatic rings. The minimum atomic E-state index is -0.361. The van der Waals surface area contributed by atoms with Crippen LogP contribution >= 0.6 is 11.8 Å². The molecule has 116 valence electrons. The summed E-state index contributed by atoms with van der Waals surface area (Å²) >= 11 is 1.15. The second-order valence-corrected chi connectivity index (χ2v) is 5.60. The van der Waals surface area contributed by atoms with Gasteiger partial charge in [0.05, 0.1) is 5.75 Å². The molecule has 0 aliphatic carbocycles. The van der Waals surface area contributed by atoms with E-state index < -0.39 is 0 Å². The Morgan fingerprint density at radius 1 is 1.36 bits per heavy atom. The highest BCUT2D eigenvalue weighted by Crippen LogP contribution is 2.14. The van der Waals surface area contributed by atoms with Gasteiger partial charge in [0.25, 0.3) is 5.56 Å². The molecule has 0 radical (unpaired) electrons. The van der Waals surface area contributed by atoms with Gasteiger partial charge >= 0.3 is 0 Å². The number of hydrogen-bond donors (Lipinski definition) is 2. The molecule has 0 spiro atoms. The molecule has 1 heterocycles. The van der Waals surface area contributed by atoms with Crippen molar-refractivity contribution in [1.82, 2.24) is 9.97 Å². The number of aromatic nitrogens is 2. The summed E-state index contributed by atoms with van der Waals surface area (Å²) in [4.78, 5) is 30.6. The number of aryl methyl sites for hydroxylation is 1. The number of H-pyrrole nitrogens is 1. The van der Waals surface area contributed by atoms with Gasteiger partial charge in [-0.1, -0.05) is 18.7 Å². The second-order valence-electron chi connectivity index (χ2n) is 4.63. The first-order chi connectivity index (χ1) is 10.5. The number of hydrogen-bond acceptors (Lipinski definition) is 4. The fourth-order valence-corrected chi connectivity index (χ4v) is 2.64. The van der Waals surface area contributed by atoms with Gasteiger partial charge in [0, 0.05) is 16.9 Å². The maximum Gasteiger partial charge on any atom is 0.254 e. The molecule has 0 atom stereocenters. The minimum absolute atomic E-state index is 0.102. The zero-order valence-corrected chi connectivity index (χ0v) is 13.1. The zero-order valence-electron chi connectivity index (χ0n) is 12.3. The van der Waals surface area contributed by atoms with Crippen LogP contribution in [0.15, 0.2) is 34.2 Å². The second kappa shape index (κ2) is 7.22. The summed E-state index contributed by atoms with van der Waals surface area (Å²) in [6.07, 6.45) is 0.615. The normalized spacial score (nSPS) is 10.5. The van der Waals surface area contributed by atoms with E-state index in [0.29, 0.717) is 28.5 Å². The van der Waals surface area contributed by atoms with Gasteiger partial charge in [-0.3, -0.25) is 9.59 Å². The van der Waals surface area contributed by atoms with Crippen LogP contribution in [0.5, 0.6) is 0 Å². The zero-order chi connectivity index (χ0) is 16.1. The summed E-state index contributed by atoms with van der Waals surface area (Å²) in [5.41, 5.74) is 1.68. The number of thioether (sulfide) groups is 1. The first-order valence-electron chi connectivity index (χ1n) is 6.77. The highest BCUT2D eigenvalue weighted by molar-refractivity contribution is 7.99. The molecule has 7 heteroatoms. The summed E-state index contributed by atoms with van der Waals surface area (Å²) in [5.74, 6) is -0.511. The van der Waals surface area contributed by atoms with Crippen molar-refractivity contribution in [3.05, 3.63) is 51.7 Å². The van der Waals surface area contributed by atoms with Crippen LogP contribution in [0.4, 0.5) is 10.1 Å². The van der Waals surface area contributed by atoms with E-state index in [4.69, 9.17) is 0 Å². The van der Waals surface area contributed by atoms with Crippen LogP contribution in [0.1, 0.15) is 18.2 Å². The van der Waals surface area contributed by atoms with Crippen molar-refractivity contribution >= 4 is 23.4 Å². The fraction of sp³-hybridized carbons (Fsp3) is 0.267. The SMILES string of the molecule is CCc1c(C)nc(SCC(=O)Nc2ccc(F)cc2)[nH]c1=O. The lowest BCUT2D eigenvalue weighted by atomic mass is 10.2. The van der Waals surface area contributed by atoms with E-state index >= 15 is 0 Å². The fourth-order valence-electron chi connectivity index (χ4n) is 1.93. The van der Waals surface area contributed by atoms with E-state index in [2.05, 4.69) is 15.3 Å². The van der Waals surface area contributed by atoms with Crippen molar-refractivity contribution in [2.24, 2.45) is 0 Å². The number of anilines is 1. The lowest BCUT2D eigenvalue weighted by Gasteiger charge is -2.06. The van der Waals surface area contributed by atoms with Crippen LogP contribution in [0.25, 0.3) is 0 Å². The molecule has 0 saturated carbocycles. The van der Waals surface area contributed by atoms with Gasteiger partial charge in [-0.25, -0.2) is 9.37 Å². The molecule has 5 nitrogen and oxygen atoms in total. The van der Waals surface area contributed by atoms with Gasteiger partial charge in [0.1, 0.15) is 5.82 Å². The number of benzene rings is 1. The van der Waals surface area contributed by atoms with E-state index in [1.807, 2.05) is 6.92 Å². The van der Waals surface area contributed by atoms with Crippen molar-refractivity contribution < 1.29 is 9.18 Å². The predicted molar refractivity (Wildman–Crippen MR) is 84.7 cm³/mol. The Labute approximate surface area is 131 Å². The first-order valence-corrected chi connectivity index (χ1v) is 7.76. The Bertz CT molecular complexity index is 729. The molecule has 1 aromatic heterocycles. The molecule has 22 heavy (non-hydrogen) atoms. The van der Waals surface area contributed by atoms with Crippen molar-refractivity contribution in [3.8, 4) is 0 Å². The molecule has 1 amide bonds. The van der Waals surface area contributed by atoms with E-state index in [-0.39, 0.29) is 23.0 Å². The Morgan fingerprint density at radius 2 is 2.05 bits per heavy atom. The summed E-state index contributed by atoms with van der Waals surface area (Å²) in [7, 11) is 0. The highest BCUT2D eigenvalue weighted by Gasteiger charge is 2.09. The quantitative estimate of drug-likeness (QED) is 0.655. The largest absolute Gasteiger partial charge is 0.325 e. The minimum Gasteiger partial charge on any atom is -0.325 e. The summed E-state index contributed by atoms with van der Waals surface area (Å²) in [6, 6.07) is 5.51. The molecule has 2 rings (SSSR count). The molecule has 0 saturated heterocycles. The molecule has 0 bridgehead atoms. The molecule has 0 aliphatic heterocycles. The maximum atomic E-state index is 12.8. The molecule has 0 fully saturated rings. The molecular formula is C15H16FN3O2S. The monoisotopic (exact) mass is 321 g/mol. The number of carbonyl (C=O) groups is 1. The number of nitrogens with one attached hydrogen (secondary N) is 2. The van der Waals surface area contributed by atoms with Crippen molar-refractivity contribution in [1.29, 1.82) is 0 Å². The third-order valence-electron chi connectivity index (χ3n) is 3.02. The number of halogens is 1. The highest BCUT2D eigenvalue weighted by atomic mass is 32.2. The van der Waals surface area contributed by atoms with Crippen molar-refractivity contribution in [2.45, 2.75) is 25.4 Å². The Kier molecular flexibility index (Phi) is 5.32. The Balaban J connectivity index is 1.96. The van der Waals surface area contributed by atoms with Crippen LogP contribution in [-0.2, 0) is 11.2 Å². The summed E-state index contributed by atoms with van der Waals surface area (Å²) < 4.78 is 12.8. The van der Waals surface area contributed by atoms with Gasteiger partial charge in [-0.15, -0.1) is 0 Å². The van der Waals surface area contributed by atoms with Gasteiger partial charge < -0.3 is 10.3 Å². The van der Waals surface area contributed by atoms with Gasteiger partial charge in [-0.2, -0.15) is 0 Å². The summed E-state index contributed by atoms with van der Waals surface area (Å²) in [6.45, 7) is 3.67.